The second-order valence-electron chi connectivity index (χ2n) is 4.97. The van der Waals surface area contributed by atoms with Crippen LogP contribution in [0.5, 0.6) is 0 Å². The minimum Gasteiger partial charge on any atom is -0.352 e. The van der Waals surface area contributed by atoms with E-state index in [9.17, 15) is 4.79 Å². The minimum absolute atomic E-state index is 0.172. The minimum atomic E-state index is -0.666. The predicted molar refractivity (Wildman–Crippen MR) is 74.7 cm³/mol. The monoisotopic (exact) mass is 276 g/mol. The van der Waals surface area contributed by atoms with Crippen LogP contribution < -0.4 is 5.32 Å². The summed E-state index contributed by atoms with van der Waals surface area (Å²) in [5, 5.41) is 12.7. The van der Waals surface area contributed by atoms with Crippen molar-refractivity contribution in [2.24, 2.45) is 5.92 Å². The molecule has 3 nitrogen and oxygen atoms in total. The molecule has 4 heteroatoms. The fraction of sp³-hybridized carbons (Fsp3) is 0.467. The van der Waals surface area contributed by atoms with E-state index >= 15 is 0 Å². The van der Waals surface area contributed by atoms with E-state index in [-0.39, 0.29) is 11.9 Å². The highest BCUT2D eigenvalue weighted by atomic mass is 35.5. The van der Waals surface area contributed by atoms with Crippen molar-refractivity contribution in [3.63, 3.8) is 0 Å². The summed E-state index contributed by atoms with van der Waals surface area (Å²) in [5.41, 5.74) is 0.845. The van der Waals surface area contributed by atoms with E-state index in [1.54, 1.807) is 6.07 Å². The molecule has 0 saturated heterocycles. The molecule has 19 heavy (non-hydrogen) atoms. The van der Waals surface area contributed by atoms with Gasteiger partial charge in [0.1, 0.15) is 5.92 Å². The van der Waals surface area contributed by atoms with Gasteiger partial charge in [0.2, 0.25) is 5.91 Å². The molecule has 1 aromatic carbocycles. The highest BCUT2D eigenvalue weighted by Gasteiger charge is 2.24. The maximum Gasteiger partial charge on any atom is 0.237 e. The first kappa shape index (κ1) is 13.9. The van der Waals surface area contributed by atoms with E-state index in [1.165, 1.54) is 0 Å². The largest absolute Gasteiger partial charge is 0.352 e. The van der Waals surface area contributed by atoms with Crippen LogP contribution in [0.15, 0.2) is 24.3 Å². The summed E-state index contributed by atoms with van der Waals surface area (Å²) >= 11 is 6.06. The molecule has 0 bridgehead atoms. The average molecular weight is 277 g/mol. The third-order valence-corrected chi connectivity index (χ3v) is 3.92. The highest BCUT2D eigenvalue weighted by Crippen LogP contribution is 2.21. The van der Waals surface area contributed by atoms with Gasteiger partial charge in [-0.05, 0) is 30.9 Å². The molecule has 0 aliphatic heterocycles. The quantitative estimate of drug-likeness (QED) is 0.919. The molecule has 1 aliphatic rings. The SMILES string of the molecule is N#CC(Cc1ccccc1Cl)C(=O)NC1CCCC1. The Labute approximate surface area is 118 Å². The third kappa shape index (κ3) is 3.71. The van der Waals surface area contributed by atoms with Gasteiger partial charge in [-0.25, -0.2) is 0 Å². The van der Waals surface area contributed by atoms with Crippen LogP contribution in [0.4, 0.5) is 0 Å². The van der Waals surface area contributed by atoms with E-state index in [4.69, 9.17) is 16.9 Å². The second-order valence-corrected chi connectivity index (χ2v) is 5.37. The van der Waals surface area contributed by atoms with Crippen molar-refractivity contribution in [3.8, 4) is 6.07 Å². The lowest BCUT2D eigenvalue weighted by atomic mass is 9.99. The smallest absolute Gasteiger partial charge is 0.237 e. The fourth-order valence-electron chi connectivity index (χ4n) is 2.45. The van der Waals surface area contributed by atoms with Gasteiger partial charge in [-0.2, -0.15) is 5.26 Å². The van der Waals surface area contributed by atoms with Crippen LogP contribution in [0, 0.1) is 17.2 Å². The molecule has 0 heterocycles. The van der Waals surface area contributed by atoms with Gasteiger partial charge in [0.25, 0.3) is 0 Å². The number of amides is 1. The first-order chi connectivity index (χ1) is 9.20. The maximum absolute atomic E-state index is 12.1. The number of carbonyl (C=O) groups is 1. The second kappa shape index (κ2) is 6.58. The van der Waals surface area contributed by atoms with E-state index in [0.717, 1.165) is 31.2 Å². The Morgan fingerprint density at radius 2 is 2.11 bits per heavy atom. The standard InChI is InChI=1S/C15H17ClN2O/c16-14-8-4-1-5-11(14)9-12(10-17)15(19)18-13-6-2-3-7-13/h1,4-5,8,12-13H,2-3,6-7,9H2,(H,18,19). The Morgan fingerprint density at radius 1 is 1.42 bits per heavy atom. The van der Waals surface area contributed by atoms with Crippen molar-refractivity contribution < 1.29 is 4.79 Å². The van der Waals surface area contributed by atoms with Gasteiger partial charge in [-0.15, -0.1) is 0 Å². The fourth-order valence-corrected chi connectivity index (χ4v) is 2.67. The summed E-state index contributed by atoms with van der Waals surface area (Å²) in [6, 6.07) is 9.67. The first-order valence-electron chi connectivity index (χ1n) is 6.64. The van der Waals surface area contributed by atoms with Crippen LogP contribution in [0.3, 0.4) is 0 Å². The lowest BCUT2D eigenvalue weighted by Crippen LogP contribution is -2.37. The molecule has 1 amide bonds. The molecule has 0 spiro atoms. The average Bonchev–Trinajstić information content (AvgIpc) is 2.90. The van der Waals surface area contributed by atoms with Gasteiger partial charge in [0, 0.05) is 11.1 Å². The first-order valence-corrected chi connectivity index (χ1v) is 7.02. The maximum atomic E-state index is 12.1. The molecule has 1 atom stereocenters. The molecule has 0 aromatic heterocycles. The molecule has 1 saturated carbocycles. The van der Waals surface area contributed by atoms with Crippen LogP contribution in [0.1, 0.15) is 31.2 Å². The van der Waals surface area contributed by atoms with Gasteiger partial charge >= 0.3 is 0 Å². The zero-order chi connectivity index (χ0) is 13.7. The Morgan fingerprint density at radius 3 is 2.74 bits per heavy atom. The molecular formula is C15H17ClN2O. The Bertz CT molecular complexity index is 489. The number of carbonyl (C=O) groups excluding carboxylic acids is 1. The Hall–Kier alpha value is -1.53. The summed E-state index contributed by atoms with van der Waals surface area (Å²) in [6.07, 6.45) is 4.74. The van der Waals surface area contributed by atoms with Crippen LogP contribution in [-0.2, 0) is 11.2 Å². The van der Waals surface area contributed by atoms with Gasteiger partial charge in [0.15, 0.2) is 0 Å². The van der Waals surface area contributed by atoms with Crippen LogP contribution >= 0.6 is 11.6 Å². The molecule has 100 valence electrons. The molecule has 1 aromatic rings. The lowest BCUT2D eigenvalue weighted by Gasteiger charge is -2.15. The van der Waals surface area contributed by atoms with E-state index in [1.807, 2.05) is 18.2 Å². The van der Waals surface area contributed by atoms with Gasteiger partial charge in [0.05, 0.1) is 6.07 Å². The predicted octanol–water partition coefficient (Wildman–Crippen LogP) is 3.08. The number of halogens is 1. The summed E-state index contributed by atoms with van der Waals surface area (Å²) in [4.78, 5) is 12.1. The van der Waals surface area contributed by atoms with Crippen molar-refractivity contribution in [3.05, 3.63) is 34.9 Å². The Kier molecular flexibility index (Phi) is 4.81. The van der Waals surface area contributed by atoms with Crippen molar-refractivity contribution in [2.45, 2.75) is 38.1 Å². The molecule has 0 radical (unpaired) electrons. The summed E-state index contributed by atoms with van der Waals surface area (Å²) in [5.74, 6) is -0.838. The number of nitriles is 1. The van der Waals surface area contributed by atoms with Crippen LogP contribution in [-0.4, -0.2) is 11.9 Å². The zero-order valence-corrected chi connectivity index (χ0v) is 11.5. The number of rotatable bonds is 4. The van der Waals surface area contributed by atoms with Gasteiger partial charge in [-0.1, -0.05) is 42.6 Å². The molecule has 2 rings (SSSR count). The number of benzene rings is 1. The summed E-state index contributed by atoms with van der Waals surface area (Å²) in [7, 11) is 0. The van der Waals surface area contributed by atoms with Crippen molar-refractivity contribution in [1.82, 2.24) is 5.32 Å². The molecule has 1 aliphatic carbocycles. The highest BCUT2D eigenvalue weighted by molar-refractivity contribution is 6.31. The Balaban J connectivity index is 1.98. The molecule has 1 fully saturated rings. The van der Waals surface area contributed by atoms with Crippen molar-refractivity contribution in [2.75, 3.05) is 0 Å². The van der Waals surface area contributed by atoms with E-state index in [0.29, 0.717) is 11.4 Å². The van der Waals surface area contributed by atoms with Crippen molar-refractivity contribution >= 4 is 17.5 Å². The van der Waals surface area contributed by atoms with Gasteiger partial charge in [-0.3, -0.25) is 4.79 Å². The molecule has 1 unspecified atom stereocenters. The van der Waals surface area contributed by atoms with Crippen LogP contribution in [0.25, 0.3) is 0 Å². The topological polar surface area (TPSA) is 52.9 Å². The zero-order valence-electron chi connectivity index (χ0n) is 10.7. The van der Waals surface area contributed by atoms with Gasteiger partial charge < -0.3 is 5.32 Å². The molecule has 1 N–H and O–H groups in total. The summed E-state index contributed by atoms with van der Waals surface area (Å²) < 4.78 is 0. The number of nitrogens with one attached hydrogen (secondary N) is 1. The van der Waals surface area contributed by atoms with E-state index < -0.39 is 5.92 Å². The number of hydrogen-bond donors (Lipinski definition) is 1. The molecular weight excluding hydrogens is 260 g/mol. The normalized spacial score (nSPS) is 16.8. The third-order valence-electron chi connectivity index (χ3n) is 3.56. The number of hydrogen-bond acceptors (Lipinski definition) is 2. The number of nitrogens with zero attached hydrogens (tertiary/aromatic N) is 1. The lowest BCUT2D eigenvalue weighted by molar-refractivity contribution is -0.124. The summed E-state index contributed by atoms with van der Waals surface area (Å²) in [6.45, 7) is 0. The van der Waals surface area contributed by atoms with Crippen molar-refractivity contribution in [1.29, 1.82) is 5.26 Å². The van der Waals surface area contributed by atoms with E-state index in [2.05, 4.69) is 11.4 Å². The van der Waals surface area contributed by atoms with Crippen LogP contribution in [0.2, 0.25) is 5.02 Å².